The summed E-state index contributed by atoms with van der Waals surface area (Å²) in [4.78, 5) is 33.7. The number of aliphatic imine (C=N–C) groups is 1. The number of anilines is 2. The Hall–Kier alpha value is -3.74. The highest BCUT2D eigenvalue weighted by atomic mass is 16.3. The summed E-state index contributed by atoms with van der Waals surface area (Å²) < 4.78 is 5.60. The van der Waals surface area contributed by atoms with Crippen LogP contribution in [-0.4, -0.2) is 59.8 Å². The quantitative estimate of drug-likeness (QED) is 0.280. The fraction of sp³-hybridized carbons (Fsp3) is 0.478. The molecule has 0 bridgehead atoms. The number of hydrogen-bond donors (Lipinski definition) is 3. The number of benzene rings is 1. The van der Waals surface area contributed by atoms with Crippen molar-refractivity contribution >= 4 is 40.1 Å². The topological polar surface area (TPSA) is 140 Å². The summed E-state index contributed by atoms with van der Waals surface area (Å²) in [7, 11) is 0. The molecule has 0 aliphatic carbocycles. The average molecular weight is 452 g/mol. The third kappa shape index (κ3) is 5.03. The van der Waals surface area contributed by atoms with Crippen LogP contribution in [0.15, 0.2) is 27.6 Å². The number of nitrogen functional groups attached to an aromatic ring is 1. The number of rotatable bonds is 4. The fourth-order valence-electron chi connectivity index (χ4n) is 4.35. The number of likely N-dealkylation sites (tertiary alicyclic amines) is 2. The van der Waals surface area contributed by atoms with E-state index in [1.807, 2.05) is 17.2 Å². The third-order valence-corrected chi connectivity index (χ3v) is 6.17. The van der Waals surface area contributed by atoms with E-state index in [0.29, 0.717) is 35.7 Å². The Morgan fingerprint density at radius 3 is 2.79 bits per heavy atom. The predicted molar refractivity (Wildman–Crippen MR) is 125 cm³/mol. The second-order valence-electron chi connectivity index (χ2n) is 8.48. The normalized spacial score (nSPS) is 19.5. The van der Waals surface area contributed by atoms with Gasteiger partial charge in [-0.15, -0.1) is 0 Å². The molecular formula is C23H29N7O3. The Labute approximate surface area is 192 Å². The number of carbonyl (C=O) groups excluding carboxylic acids is 2. The van der Waals surface area contributed by atoms with Gasteiger partial charge in [0.05, 0.1) is 12.2 Å². The number of nitrogens with zero attached hydrogens (tertiary/aromatic N) is 4. The summed E-state index contributed by atoms with van der Waals surface area (Å²) in [5.41, 5.74) is 7.95. The molecule has 2 aliphatic heterocycles. The molecule has 2 fully saturated rings. The van der Waals surface area contributed by atoms with Crippen LogP contribution < -0.4 is 16.4 Å². The zero-order chi connectivity index (χ0) is 23.4. The summed E-state index contributed by atoms with van der Waals surface area (Å²) in [6, 6.07) is 4.71. The lowest BCUT2D eigenvalue weighted by molar-refractivity contribution is -0.140. The van der Waals surface area contributed by atoms with E-state index in [0.717, 1.165) is 44.2 Å². The van der Waals surface area contributed by atoms with Crippen molar-refractivity contribution in [2.24, 2.45) is 4.99 Å². The molecule has 4 N–H and O–H groups in total. The Kier molecular flexibility index (Phi) is 6.68. The maximum atomic E-state index is 13.2. The largest absolute Gasteiger partial charge is 0.459 e. The SMILES string of the molecule is Cc1oc2ccc(NC(=N[C@H]3CCCCN(CC(=O)N4CCCC4)C3=O)NC#N)cc2c1N. The van der Waals surface area contributed by atoms with Gasteiger partial charge in [0.15, 0.2) is 6.19 Å². The number of aryl methyl sites for hydroxylation is 1. The highest BCUT2D eigenvalue weighted by Crippen LogP contribution is 2.30. The number of guanidine groups is 1. The van der Waals surface area contributed by atoms with Crippen molar-refractivity contribution in [2.45, 2.75) is 45.1 Å². The number of nitrogens with one attached hydrogen (secondary N) is 2. The smallest absolute Gasteiger partial charge is 0.247 e. The molecule has 1 aromatic carbocycles. The van der Waals surface area contributed by atoms with Gasteiger partial charge in [-0.2, -0.15) is 5.26 Å². The molecule has 2 saturated heterocycles. The molecule has 0 radical (unpaired) electrons. The predicted octanol–water partition coefficient (Wildman–Crippen LogP) is 2.17. The minimum absolute atomic E-state index is 0.0136. The van der Waals surface area contributed by atoms with Crippen molar-refractivity contribution in [1.82, 2.24) is 15.1 Å². The van der Waals surface area contributed by atoms with Crippen LogP contribution in [0.2, 0.25) is 0 Å². The van der Waals surface area contributed by atoms with E-state index in [1.54, 1.807) is 24.0 Å². The van der Waals surface area contributed by atoms with E-state index < -0.39 is 6.04 Å². The molecule has 4 rings (SSSR count). The van der Waals surface area contributed by atoms with Crippen LogP contribution in [-0.2, 0) is 9.59 Å². The highest BCUT2D eigenvalue weighted by molar-refractivity contribution is 6.00. The van der Waals surface area contributed by atoms with Gasteiger partial charge in [-0.25, -0.2) is 4.99 Å². The third-order valence-electron chi connectivity index (χ3n) is 6.17. The first-order chi connectivity index (χ1) is 16.0. The van der Waals surface area contributed by atoms with Gasteiger partial charge < -0.3 is 25.3 Å². The van der Waals surface area contributed by atoms with E-state index in [9.17, 15) is 14.9 Å². The van der Waals surface area contributed by atoms with Crippen molar-refractivity contribution in [1.29, 1.82) is 5.26 Å². The molecular weight excluding hydrogens is 422 g/mol. The first-order valence-electron chi connectivity index (χ1n) is 11.3. The molecule has 10 heteroatoms. The molecule has 2 amide bonds. The van der Waals surface area contributed by atoms with Gasteiger partial charge >= 0.3 is 0 Å². The van der Waals surface area contributed by atoms with E-state index in [2.05, 4.69) is 15.6 Å². The van der Waals surface area contributed by atoms with Gasteiger partial charge in [0.25, 0.3) is 0 Å². The van der Waals surface area contributed by atoms with Crippen LogP contribution >= 0.6 is 0 Å². The van der Waals surface area contributed by atoms with Gasteiger partial charge in [0.1, 0.15) is 17.4 Å². The number of carbonyl (C=O) groups is 2. The number of amides is 2. The van der Waals surface area contributed by atoms with Crippen LogP contribution in [0.3, 0.4) is 0 Å². The maximum Gasteiger partial charge on any atom is 0.247 e. The first kappa shape index (κ1) is 22.5. The molecule has 3 heterocycles. The average Bonchev–Trinajstić information content (AvgIpc) is 3.39. The number of nitrogens with two attached hydrogens (primary N) is 1. The van der Waals surface area contributed by atoms with Crippen LogP contribution in [0, 0.1) is 18.4 Å². The minimum Gasteiger partial charge on any atom is -0.459 e. The molecule has 10 nitrogen and oxygen atoms in total. The highest BCUT2D eigenvalue weighted by Gasteiger charge is 2.30. The molecule has 2 aliphatic rings. The lowest BCUT2D eigenvalue weighted by atomic mass is 10.1. The Morgan fingerprint density at radius 2 is 2.03 bits per heavy atom. The van der Waals surface area contributed by atoms with Gasteiger partial charge in [0, 0.05) is 30.7 Å². The van der Waals surface area contributed by atoms with Crippen LogP contribution in [0.25, 0.3) is 11.0 Å². The zero-order valence-corrected chi connectivity index (χ0v) is 18.8. The van der Waals surface area contributed by atoms with Crippen LogP contribution in [0.5, 0.6) is 0 Å². The monoisotopic (exact) mass is 451 g/mol. The summed E-state index contributed by atoms with van der Waals surface area (Å²) in [5.74, 6) is 0.602. The summed E-state index contributed by atoms with van der Waals surface area (Å²) >= 11 is 0. The molecule has 0 saturated carbocycles. The number of furan rings is 1. The van der Waals surface area contributed by atoms with E-state index in [-0.39, 0.29) is 24.3 Å². The zero-order valence-electron chi connectivity index (χ0n) is 18.8. The Bertz CT molecular complexity index is 1110. The maximum absolute atomic E-state index is 13.2. The Balaban J connectivity index is 1.51. The first-order valence-corrected chi connectivity index (χ1v) is 11.3. The van der Waals surface area contributed by atoms with Gasteiger partial charge in [-0.1, -0.05) is 0 Å². The number of nitriles is 1. The lowest BCUT2D eigenvalue weighted by Gasteiger charge is -2.25. The summed E-state index contributed by atoms with van der Waals surface area (Å²) in [6.07, 6.45) is 6.07. The summed E-state index contributed by atoms with van der Waals surface area (Å²) in [5, 5.41) is 15.6. The van der Waals surface area contributed by atoms with E-state index in [4.69, 9.17) is 10.2 Å². The van der Waals surface area contributed by atoms with Gasteiger partial charge in [-0.05, 0) is 57.2 Å². The molecule has 174 valence electrons. The van der Waals surface area contributed by atoms with Crippen molar-refractivity contribution in [3.05, 3.63) is 24.0 Å². The van der Waals surface area contributed by atoms with Crippen molar-refractivity contribution in [3.8, 4) is 6.19 Å². The standard InChI is InChI=1S/C23H29N7O3/c1-15-21(25)17-12-16(7-8-19(17)33-15)27-23(26-14-24)28-18-6-2-3-11-30(22(18)32)13-20(31)29-9-4-5-10-29/h7-8,12,18H,2-6,9-11,13,25H2,1H3,(H2,26,27,28)/t18-/m0/s1. The van der Waals surface area contributed by atoms with Crippen molar-refractivity contribution in [3.63, 3.8) is 0 Å². The molecule has 33 heavy (non-hydrogen) atoms. The number of fused-ring (bicyclic) bond motifs is 1. The Morgan fingerprint density at radius 1 is 1.27 bits per heavy atom. The molecule has 0 unspecified atom stereocenters. The lowest BCUT2D eigenvalue weighted by Crippen LogP contribution is -2.45. The fourth-order valence-corrected chi connectivity index (χ4v) is 4.35. The summed E-state index contributed by atoms with van der Waals surface area (Å²) in [6.45, 7) is 3.93. The second-order valence-corrected chi connectivity index (χ2v) is 8.48. The van der Waals surface area contributed by atoms with Crippen molar-refractivity contribution < 1.29 is 14.0 Å². The van der Waals surface area contributed by atoms with Crippen LogP contribution in [0.4, 0.5) is 11.4 Å². The molecule has 1 atom stereocenters. The molecule has 0 spiro atoms. The van der Waals surface area contributed by atoms with Gasteiger partial charge in [-0.3, -0.25) is 14.9 Å². The second kappa shape index (κ2) is 9.81. The van der Waals surface area contributed by atoms with E-state index in [1.165, 1.54) is 0 Å². The van der Waals surface area contributed by atoms with Crippen molar-refractivity contribution in [2.75, 3.05) is 37.2 Å². The molecule has 1 aromatic heterocycles. The van der Waals surface area contributed by atoms with Crippen LogP contribution in [0.1, 0.15) is 37.9 Å². The molecule has 2 aromatic rings. The minimum atomic E-state index is -0.674. The number of hydrogen-bond acceptors (Lipinski definition) is 6. The van der Waals surface area contributed by atoms with Gasteiger partial charge in [0.2, 0.25) is 17.8 Å². The van der Waals surface area contributed by atoms with E-state index >= 15 is 0 Å².